The fourth-order valence-corrected chi connectivity index (χ4v) is 2.91. The molecule has 0 radical (unpaired) electrons. The van der Waals surface area contributed by atoms with Crippen molar-refractivity contribution in [1.29, 1.82) is 0 Å². The first-order chi connectivity index (χ1) is 8.09. The van der Waals surface area contributed by atoms with Gasteiger partial charge in [0.2, 0.25) is 0 Å². The molecule has 0 amide bonds. The van der Waals surface area contributed by atoms with Crippen molar-refractivity contribution in [3.05, 3.63) is 29.5 Å². The first-order valence-electron chi connectivity index (χ1n) is 5.69. The summed E-state index contributed by atoms with van der Waals surface area (Å²) in [6.07, 6.45) is 1.52. The van der Waals surface area contributed by atoms with E-state index in [1.54, 1.807) is 0 Å². The number of rotatable bonds is 1. The van der Waals surface area contributed by atoms with E-state index < -0.39 is 5.97 Å². The monoisotopic (exact) mass is 230 g/mol. The smallest absolute Gasteiger partial charge is 0.311 e. The van der Waals surface area contributed by atoms with E-state index in [9.17, 15) is 9.90 Å². The molecule has 0 unspecified atom stereocenters. The summed E-state index contributed by atoms with van der Waals surface area (Å²) in [4.78, 5) is 11.3. The normalized spacial score (nSPS) is 18.5. The zero-order valence-corrected chi connectivity index (χ0v) is 9.60. The highest BCUT2D eigenvalue weighted by atomic mass is 16.4. The zero-order chi connectivity index (χ0) is 12.2. The van der Waals surface area contributed by atoms with Crippen LogP contribution < -0.4 is 5.73 Å². The van der Waals surface area contributed by atoms with Crippen molar-refractivity contribution in [1.82, 2.24) is 4.57 Å². The predicted molar refractivity (Wildman–Crippen MR) is 66.0 cm³/mol. The Balaban J connectivity index is 2.36. The van der Waals surface area contributed by atoms with Gasteiger partial charge in [0, 0.05) is 29.3 Å². The van der Waals surface area contributed by atoms with Crippen molar-refractivity contribution in [2.75, 3.05) is 5.73 Å². The van der Waals surface area contributed by atoms with Gasteiger partial charge in [-0.15, -0.1) is 0 Å². The molecule has 17 heavy (non-hydrogen) atoms. The molecule has 0 aliphatic heterocycles. The van der Waals surface area contributed by atoms with Crippen LogP contribution in [0.1, 0.15) is 23.6 Å². The molecule has 3 rings (SSSR count). The van der Waals surface area contributed by atoms with Gasteiger partial charge in [-0.3, -0.25) is 4.79 Å². The summed E-state index contributed by atoms with van der Waals surface area (Å²) < 4.78 is 2.09. The van der Waals surface area contributed by atoms with Crippen molar-refractivity contribution in [2.45, 2.75) is 18.8 Å². The van der Waals surface area contributed by atoms with E-state index in [0.29, 0.717) is 12.1 Å². The number of benzene rings is 1. The number of aryl methyl sites for hydroxylation is 1. The van der Waals surface area contributed by atoms with Gasteiger partial charge in [-0.05, 0) is 36.6 Å². The van der Waals surface area contributed by atoms with Crippen LogP contribution in [-0.2, 0) is 18.3 Å². The summed E-state index contributed by atoms with van der Waals surface area (Å²) in [5, 5.41) is 10.3. The van der Waals surface area contributed by atoms with Gasteiger partial charge in [-0.25, -0.2) is 0 Å². The minimum atomic E-state index is -0.737. The van der Waals surface area contributed by atoms with Crippen molar-refractivity contribution in [3.63, 3.8) is 0 Å². The van der Waals surface area contributed by atoms with E-state index in [2.05, 4.69) is 4.57 Å². The van der Waals surface area contributed by atoms with E-state index >= 15 is 0 Å². The van der Waals surface area contributed by atoms with E-state index in [0.717, 1.165) is 28.6 Å². The fourth-order valence-electron chi connectivity index (χ4n) is 2.91. The molecule has 0 saturated heterocycles. The van der Waals surface area contributed by atoms with Crippen LogP contribution in [0.15, 0.2) is 18.2 Å². The van der Waals surface area contributed by atoms with Crippen LogP contribution in [0.2, 0.25) is 0 Å². The first-order valence-corrected chi connectivity index (χ1v) is 5.69. The maximum Gasteiger partial charge on any atom is 0.311 e. The number of hydrogen-bond donors (Lipinski definition) is 2. The van der Waals surface area contributed by atoms with Gasteiger partial charge in [-0.2, -0.15) is 0 Å². The molecule has 4 heteroatoms. The highest BCUT2D eigenvalue weighted by Gasteiger charge is 2.33. The van der Waals surface area contributed by atoms with Gasteiger partial charge >= 0.3 is 5.97 Å². The fraction of sp³-hybridized carbons (Fsp3) is 0.308. The molecule has 1 atom stereocenters. The minimum absolute atomic E-state index is 0.379. The van der Waals surface area contributed by atoms with E-state index in [-0.39, 0.29) is 5.92 Å². The lowest BCUT2D eigenvalue weighted by molar-refractivity contribution is -0.138. The Morgan fingerprint density at radius 2 is 2.29 bits per heavy atom. The number of carboxylic acids is 1. The molecule has 0 saturated carbocycles. The second kappa shape index (κ2) is 3.26. The Hall–Kier alpha value is -1.97. The second-order valence-corrected chi connectivity index (χ2v) is 4.63. The summed E-state index contributed by atoms with van der Waals surface area (Å²) in [6, 6.07) is 5.70. The van der Waals surface area contributed by atoms with Crippen molar-refractivity contribution < 1.29 is 9.90 Å². The first kappa shape index (κ1) is 10.2. The lowest BCUT2D eigenvalue weighted by Gasteiger charge is -2.05. The Morgan fingerprint density at radius 3 is 3.00 bits per heavy atom. The average molecular weight is 230 g/mol. The van der Waals surface area contributed by atoms with Crippen molar-refractivity contribution in [2.24, 2.45) is 7.05 Å². The molecule has 3 N–H and O–H groups in total. The van der Waals surface area contributed by atoms with Gasteiger partial charge < -0.3 is 15.4 Å². The summed E-state index contributed by atoms with van der Waals surface area (Å²) >= 11 is 0. The van der Waals surface area contributed by atoms with E-state index in [1.807, 2.05) is 25.2 Å². The topological polar surface area (TPSA) is 68.2 Å². The maximum atomic E-state index is 11.3. The number of hydrogen-bond acceptors (Lipinski definition) is 2. The third-order valence-electron chi connectivity index (χ3n) is 3.70. The number of nitrogens with two attached hydrogens (primary N) is 1. The molecule has 0 spiro atoms. The van der Waals surface area contributed by atoms with Crippen LogP contribution in [-0.4, -0.2) is 15.6 Å². The largest absolute Gasteiger partial charge is 0.481 e. The van der Waals surface area contributed by atoms with E-state index in [1.165, 1.54) is 0 Å². The number of nitrogens with zero attached hydrogens (tertiary/aromatic N) is 1. The van der Waals surface area contributed by atoms with Gasteiger partial charge in [-0.1, -0.05) is 0 Å². The van der Waals surface area contributed by atoms with Gasteiger partial charge in [0.15, 0.2) is 0 Å². The highest BCUT2D eigenvalue weighted by Crippen LogP contribution is 2.40. The molecule has 0 bridgehead atoms. The van der Waals surface area contributed by atoms with Crippen LogP contribution in [0.3, 0.4) is 0 Å². The van der Waals surface area contributed by atoms with Crippen LogP contribution in [0.5, 0.6) is 0 Å². The molecule has 1 aliphatic carbocycles. The number of fused-ring (bicyclic) bond motifs is 3. The van der Waals surface area contributed by atoms with Crippen LogP contribution in [0.25, 0.3) is 10.9 Å². The Labute approximate surface area is 98.6 Å². The summed E-state index contributed by atoms with van der Waals surface area (Å²) in [5.74, 6) is -1.12. The molecular weight excluding hydrogens is 216 g/mol. The highest BCUT2D eigenvalue weighted by molar-refractivity contribution is 5.94. The molecule has 88 valence electrons. The Kier molecular flexibility index (Phi) is 1.96. The molecule has 1 aromatic heterocycles. The van der Waals surface area contributed by atoms with Gasteiger partial charge in [0.25, 0.3) is 0 Å². The standard InChI is InChI=1S/C13H14N2O2/c1-15-10-4-2-7(14)6-9(10)12-8(13(16)17)3-5-11(12)15/h2,4,6,8H,3,5,14H2,1H3,(H,16,17)/t8-/m0/s1. The zero-order valence-electron chi connectivity index (χ0n) is 9.60. The maximum absolute atomic E-state index is 11.3. The molecule has 1 heterocycles. The predicted octanol–water partition coefficient (Wildman–Crippen LogP) is 1.87. The lowest BCUT2D eigenvalue weighted by Crippen LogP contribution is -2.07. The summed E-state index contributed by atoms with van der Waals surface area (Å²) in [7, 11) is 1.99. The lowest BCUT2D eigenvalue weighted by atomic mass is 10.0. The van der Waals surface area contributed by atoms with Crippen molar-refractivity contribution in [3.8, 4) is 0 Å². The molecule has 1 aliphatic rings. The summed E-state index contributed by atoms with van der Waals surface area (Å²) in [5.41, 5.74) is 9.64. The second-order valence-electron chi connectivity index (χ2n) is 4.63. The molecular formula is C13H14N2O2. The molecule has 2 aromatic rings. The summed E-state index contributed by atoms with van der Waals surface area (Å²) in [6.45, 7) is 0. The molecule has 0 fully saturated rings. The number of aliphatic carboxylic acids is 1. The number of carboxylic acid groups (broad SMARTS) is 1. The van der Waals surface area contributed by atoms with Gasteiger partial charge in [0.1, 0.15) is 0 Å². The third-order valence-corrected chi connectivity index (χ3v) is 3.70. The Bertz CT molecular complexity index is 628. The van der Waals surface area contributed by atoms with Gasteiger partial charge in [0.05, 0.1) is 5.92 Å². The van der Waals surface area contributed by atoms with Crippen molar-refractivity contribution >= 4 is 22.6 Å². The Morgan fingerprint density at radius 1 is 1.53 bits per heavy atom. The number of anilines is 1. The van der Waals surface area contributed by atoms with E-state index in [4.69, 9.17) is 5.73 Å². The van der Waals surface area contributed by atoms with Crippen LogP contribution >= 0.6 is 0 Å². The minimum Gasteiger partial charge on any atom is -0.481 e. The molecule has 4 nitrogen and oxygen atoms in total. The number of nitrogen functional groups attached to an aromatic ring is 1. The molecule has 1 aromatic carbocycles. The number of aromatic nitrogens is 1. The third kappa shape index (κ3) is 1.27. The number of carbonyl (C=O) groups is 1. The quantitative estimate of drug-likeness (QED) is 0.735. The van der Waals surface area contributed by atoms with Crippen LogP contribution in [0.4, 0.5) is 5.69 Å². The van der Waals surface area contributed by atoms with Crippen LogP contribution in [0, 0.1) is 0 Å². The average Bonchev–Trinajstić information content (AvgIpc) is 2.80. The SMILES string of the molecule is Cn1c2c(c3cc(N)ccc31)[C@@H](C(=O)O)CC2.